The third-order valence-corrected chi connectivity index (χ3v) is 5.10. The minimum Gasteiger partial charge on any atom is -0.466 e. The number of carbonyl (C=O) groups is 2. The molecule has 1 saturated heterocycles. The van der Waals surface area contributed by atoms with Crippen molar-refractivity contribution in [2.75, 3.05) is 13.2 Å². The Labute approximate surface area is 154 Å². The van der Waals surface area contributed by atoms with E-state index in [2.05, 4.69) is 5.32 Å². The Balaban J connectivity index is 2.54. The van der Waals surface area contributed by atoms with E-state index in [4.69, 9.17) is 21.1 Å². The first kappa shape index (κ1) is 19.7. The molecular formula is C19H26ClNO4. The lowest BCUT2D eigenvalue weighted by Gasteiger charge is -2.44. The summed E-state index contributed by atoms with van der Waals surface area (Å²) in [7, 11) is 0. The van der Waals surface area contributed by atoms with E-state index in [0.717, 1.165) is 5.56 Å². The summed E-state index contributed by atoms with van der Waals surface area (Å²) in [6.07, 6.45) is 0. The predicted octanol–water partition coefficient (Wildman–Crippen LogP) is 3.16. The standard InChI is InChI=1S/C19H26ClNO4/c1-5-24-18(22)15-11(3)21-12(4)16(19(23)25-6-2)17(15)13-9-7-8-10-14(13)20/h7-12,15-17,21H,5-6H2,1-4H3/t11-,12-,15-,16+,17?/m1/s1. The lowest BCUT2D eigenvalue weighted by Crippen LogP contribution is -2.58. The first-order valence-electron chi connectivity index (χ1n) is 8.76. The molecule has 0 spiro atoms. The maximum absolute atomic E-state index is 12.7. The van der Waals surface area contributed by atoms with E-state index in [0.29, 0.717) is 5.02 Å². The monoisotopic (exact) mass is 367 g/mol. The summed E-state index contributed by atoms with van der Waals surface area (Å²) >= 11 is 6.42. The second-order valence-electron chi connectivity index (χ2n) is 6.35. The minimum absolute atomic E-state index is 0.152. The van der Waals surface area contributed by atoms with Crippen LogP contribution in [0, 0.1) is 11.8 Å². The van der Waals surface area contributed by atoms with Crippen molar-refractivity contribution in [2.45, 2.75) is 45.7 Å². The Bertz CT molecular complexity index is 591. The number of rotatable bonds is 5. The molecule has 0 bridgehead atoms. The predicted molar refractivity (Wildman–Crippen MR) is 96.5 cm³/mol. The summed E-state index contributed by atoms with van der Waals surface area (Å²) in [5, 5.41) is 3.87. The number of carbonyl (C=O) groups excluding carboxylic acids is 2. The molecule has 0 radical (unpaired) electrons. The molecule has 1 N–H and O–H groups in total. The molecule has 0 amide bonds. The maximum Gasteiger partial charge on any atom is 0.311 e. The smallest absolute Gasteiger partial charge is 0.311 e. The van der Waals surface area contributed by atoms with Crippen LogP contribution in [0.4, 0.5) is 0 Å². The van der Waals surface area contributed by atoms with Crippen LogP contribution in [0.15, 0.2) is 24.3 Å². The fraction of sp³-hybridized carbons (Fsp3) is 0.579. The Morgan fingerprint density at radius 2 is 1.48 bits per heavy atom. The van der Waals surface area contributed by atoms with Gasteiger partial charge in [-0.3, -0.25) is 9.59 Å². The molecule has 1 fully saturated rings. The van der Waals surface area contributed by atoms with E-state index in [1.807, 2.05) is 32.0 Å². The molecule has 5 nitrogen and oxygen atoms in total. The van der Waals surface area contributed by atoms with Gasteiger partial charge in [-0.05, 0) is 39.3 Å². The zero-order valence-corrected chi connectivity index (χ0v) is 15.9. The number of ether oxygens (including phenoxy) is 2. The number of benzene rings is 1. The number of nitrogens with one attached hydrogen (secondary N) is 1. The van der Waals surface area contributed by atoms with Gasteiger partial charge in [0.25, 0.3) is 0 Å². The summed E-state index contributed by atoms with van der Waals surface area (Å²) in [6, 6.07) is 7.04. The molecule has 138 valence electrons. The topological polar surface area (TPSA) is 64.6 Å². The highest BCUT2D eigenvalue weighted by Gasteiger charge is 2.50. The molecule has 6 heteroatoms. The largest absolute Gasteiger partial charge is 0.466 e. The highest BCUT2D eigenvalue weighted by Crippen LogP contribution is 2.43. The number of esters is 2. The molecule has 1 aliphatic rings. The average Bonchev–Trinajstić information content (AvgIpc) is 2.54. The van der Waals surface area contributed by atoms with Crippen molar-refractivity contribution < 1.29 is 19.1 Å². The lowest BCUT2D eigenvalue weighted by atomic mass is 9.68. The van der Waals surface area contributed by atoms with Gasteiger partial charge in [-0.2, -0.15) is 0 Å². The molecule has 1 unspecified atom stereocenters. The fourth-order valence-corrected chi connectivity index (χ4v) is 4.04. The van der Waals surface area contributed by atoms with E-state index in [1.165, 1.54) is 0 Å². The zero-order chi connectivity index (χ0) is 18.6. The van der Waals surface area contributed by atoms with Crippen LogP contribution in [-0.4, -0.2) is 37.2 Å². The normalized spacial score (nSPS) is 29.1. The fourth-order valence-electron chi connectivity index (χ4n) is 3.78. The van der Waals surface area contributed by atoms with Gasteiger partial charge in [-0.15, -0.1) is 0 Å². The Morgan fingerprint density at radius 1 is 1.00 bits per heavy atom. The lowest BCUT2D eigenvalue weighted by molar-refractivity contribution is -0.158. The highest BCUT2D eigenvalue weighted by atomic mass is 35.5. The maximum atomic E-state index is 12.7. The number of halogens is 1. The van der Waals surface area contributed by atoms with E-state index in [1.54, 1.807) is 19.9 Å². The summed E-state index contributed by atoms with van der Waals surface area (Å²) in [4.78, 5) is 25.4. The minimum atomic E-state index is -0.523. The van der Waals surface area contributed by atoms with E-state index < -0.39 is 17.8 Å². The van der Waals surface area contributed by atoms with Crippen LogP contribution in [0.3, 0.4) is 0 Å². The van der Waals surface area contributed by atoms with Gasteiger partial charge in [-0.1, -0.05) is 29.8 Å². The molecule has 1 aromatic carbocycles. The van der Waals surface area contributed by atoms with Crippen LogP contribution in [0.1, 0.15) is 39.2 Å². The Morgan fingerprint density at radius 3 is 1.92 bits per heavy atom. The summed E-state index contributed by atoms with van der Waals surface area (Å²) in [6.45, 7) is 7.99. The summed E-state index contributed by atoms with van der Waals surface area (Å²) < 4.78 is 10.6. The molecule has 1 aliphatic heterocycles. The third-order valence-electron chi connectivity index (χ3n) is 4.76. The van der Waals surface area contributed by atoms with E-state index in [-0.39, 0.29) is 37.2 Å². The number of piperidine rings is 1. The molecule has 1 aromatic rings. The van der Waals surface area contributed by atoms with Gasteiger partial charge in [0, 0.05) is 23.0 Å². The second kappa shape index (κ2) is 8.68. The molecule has 0 saturated carbocycles. The van der Waals surface area contributed by atoms with Crippen LogP contribution < -0.4 is 5.32 Å². The SMILES string of the molecule is CCOC(=O)[C@@H]1C(c2ccccc2Cl)[C@H](C(=O)OCC)[C@@H](C)N[C@@H]1C. The van der Waals surface area contributed by atoms with Gasteiger partial charge in [0.15, 0.2) is 0 Å². The summed E-state index contributed by atoms with van der Waals surface area (Å²) in [5.41, 5.74) is 0.778. The molecule has 0 aliphatic carbocycles. The molecule has 5 atom stereocenters. The van der Waals surface area contributed by atoms with Crippen molar-refractivity contribution in [1.82, 2.24) is 5.32 Å². The number of hydrogen-bond acceptors (Lipinski definition) is 5. The van der Waals surface area contributed by atoms with Gasteiger partial charge < -0.3 is 14.8 Å². The van der Waals surface area contributed by atoms with Gasteiger partial charge >= 0.3 is 11.9 Å². The van der Waals surface area contributed by atoms with Crippen molar-refractivity contribution in [1.29, 1.82) is 0 Å². The summed E-state index contributed by atoms with van der Waals surface area (Å²) in [5.74, 6) is -2.10. The average molecular weight is 368 g/mol. The molecular weight excluding hydrogens is 342 g/mol. The van der Waals surface area contributed by atoms with Crippen LogP contribution in [0.2, 0.25) is 5.02 Å². The van der Waals surface area contributed by atoms with Crippen molar-refractivity contribution in [3.8, 4) is 0 Å². The Hall–Kier alpha value is -1.59. The zero-order valence-electron chi connectivity index (χ0n) is 15.1. The van der Waals surface area contributed by atoms with Crippen molar-refractivity contribution in [3.05, 3.63) is 34.9 Å². The Kier molecular flexibility index (Phi) is 6.85. The third kappa shape index (κ3) is 4.15. The highest BCUT2D eigenvalue weighted by molar-refractivity contribution is 6.31. The van der Waals surface area contributed by atoms with Crippen LogP contribution >= 0.6 is 11.6 Å². The van der Waals surface area contributed by atoms with E-state index >= 15 is 0 Å². The van der Waals surface area contributed by atoms with Crippen LogP contribution in [-0.2, 0) is 19.1 Å². The van der Waals surface area contributed by atoms with Gasteiger partial charge in [0.1, 0.15) is 0 Å². The first-order valence-corrected chi connectivity index (χ1v) is 9.13. The van der Waals surface area contributed by atoms with Gasteiger partial charge in [0.2, 0.25) is 0 Å². The molecule has 0 aromatic heterocycles. The molecule has 1 heterocycles. The van der Waals surface area contributed by atoms with Crippen molar-refractivity contribution in [3.63, 3.8) is 0 Å². The van der Waals surface area contributed by atoms with Crippen molar-refractivity contribution in [2.24, 2.45) is 11.8 Å². The molecule has 25 heavy (non-hydrogen) atoms. The van der Waals surface area contributed by atoms with Gasteiger partial charge in [-0.25, -0.2) is 0 Å². The second-order valence-corrected chi connectivity index (χ2v) is 6.75. The van der Waals surface area contributed by atoms with E-state index in [9.17, 15) is 9.59 Å². The van der Waals surface area contributed by atoms with Gasteiger partial charge in [0.05, 0.1) is 25.0 Å². The first-order chi connectivity index (χ1) is 11.9. The number of hydrogen-bond donors (Lipinski definition) is 1. The van der Waals surface area contributed by atoms with Crippen LogP contribution in [0.5, 0.6) is 0 Å². The molecule has 2 rings (SSSR count). The van der Waals surface area contributed by atoms with Crippen molar-refractivity contribution >= 4 is 23.5 Å². The quantitative estimate of drug-likeness (QED) is 0.810. The van der Waals surface area contributed by atoms with Crippen LogP contribution in [0.25, 0.3) is 0 Å².